The molecule has 22 heavy (non-hydrogen) atoms. The molecule has 1 aromatic carbocycles. The summed E-state index contributed by atoms with van der Waals surface area (Å²) in [6, 6.07) is 4.73. The lowest BCUT2D eigenvalue weighted by Crippen LogP contribution is -2.09. The van der Waals surface area contributed by atoms with Crippen LogP contribution < -0.4 is 4.74 Å². The van der Waals surface area contributed by atoms with Gasteiger partial charge in [0.2, 0.25) is 0 Å². The molecule has 116 valence electrons. The fourth-order valence-corrected chi connectivity index (χ4v) is 1.95. The third kappa shape index (κ3) is 3.33. The maximum atomic E-state index is 12.7. The molecule has 0 saturated heterocycles. The van der Waals surface area contributed by atoms with Crippen LogP contribution in [0.1, 0.15) is 27.3 Å². The molecule has 2 aromatic rings. The number of aromatic nitrogens is 2. The van der Waals surface area contributed by atoms with Crippen LogP contribution in [0.15, 0.2) is 30.6 Å². The van der Waals surface area contributed by atoms with Gasteiger partial charge < -0.3 is 9.84 Å². The van der Waals surface area contributed by atoms with Gasteiger partial charge in [0, 0.05) is 6.42 Å². The lowest BCUT2D eigenvalue weighted by atomic mass is 10.0. The molecular formula is C14H11F3N2O3. The molecule has 1 aromatic heterocycles. The lowest BCUT2D eigenvalue weighted by Gasteiger charge is -2.11. The minimum Gasteiger partial charge on any atom is -0.492 e. The highest BCUT2D eigenvalue weighted by atomic mass is 19.4. The van der Waals surface area contributed by atoms with Crippen LogP contribution in [-0.4, -0.2) is 28.2 Å². The van der Waals surface area contributed by atoms with Gasteiger partial charge in [0.15, 0.2) is 11.4 Å². The first-order valence-corrected chi connectivity index (χ1v) is 6.10. The van der Waals surface area contributed by atoms with Crippen LogP contribution in [0.4, 0.5) is 13.2 Å². The summed E-state index contributed by atoms with van der Waals surface area (Å²) in [5, 5.41) is 9.02. The van der Waals surface area contributed by atoms with E-state index in [-0.39, 0.29) is 23.6 Å². The van der Waals surface area contributed by atoms with Crippen molar-refractivity contribution in [3.63, 3.8) is 0 Å². The Labute approximate surface area is 123 Å². The fraction of sp³-hybridized carbons (Fsp3) is 0.214. The average Bonchev–Trinajstić information content (AvgIpc) is 2.46. The van der Waals surface area contributed by atoms with Gasteiger partial charge in [0.25, 0.3) is 0 Å². The number of carboxylic acids is 1. The van der Waals surface area contributed by atoms with Crippen LogP contribution in [0.3, 0.4) is 0 Å². The van der Waals surface area contributed by atoms with Crippen molar-refractivity contribution in [2.45, 2.75) is 12.6 Å². The summed E-state index contributed by atoms with van der Waals surface area (Å²) in [6.45, 7) is 0. The number of hydrogen-bond acceptors (Lipinski definition) is 4. The smallest absolute Gasteiger partial charge is 0.416 e. The monoisotopic (exact) mass is 312 g/mol. The Hall–Kier alpha value is -2.64. The quantitative estimate of drug-likeness (QED) is 0.940. The highest BCUT2D eigenvalue weighted by Gasteiger charge is 2.30. The Morgan fingerprint density at radius 2 is 2.05 bits per heavy atom. The molecule has 0 saturated carbocycles. The molecule has 0 bridgehead atoms. The van der Waals surface area contributed by atoms with Crippen LogP contribution in [0.2, 0.25) is 0 Å². The average molecular weight is 312 g/mol. The van der Waals surface area contributed by atoms with E-state index in [0.29, 0.717) is 5.56 Å². The Bertz CT molecular complexity index is 702. The molecule has 2 rings (SSSR count). The molecule has 0 spiro atoms. The van der Waals surface area contributed by atoms with Gasteiger partial charge in [0.1, 0.15) is 6.33 Å². The Kier molecular flexibility index (Phi) is 4.30. The highest BCUT2D eigenvalue weighted by molar-refractivity contribution is 5.88. The standard InChI is InChI=1S/C14H11F3N2O3/c1-22-12-10(18-7-19-11(12)13(20)21)6-8-3-2-4-9(5-8)14(15,16)17/h2-5,7H,6H2,1H3,(H,20,21). The molecule has 8 heteroatoms. The van der Waals surface area contributed by atoms with Gasteiger partial charge in [-0.25, -0.2) is 14.8 Å². The minimum atomic E-state index is -4.45. The molecule has 1 N–H and O–H groups in total. The molecule has 0 radical (unpaired) electrons. The predicted molar refractivity (Wildman–Crippen MR) is 69.8 cm³/mol. The Morgan fingerprint density at radius 1 is 1.32 bits per heavy atom. The Balaban J connectivity index is 2.39. The van der Waals surface area contributed by atoms with E-state index < -0.39 is 17.7 Å². The van der Waals surface area contributed by atoms with E-state index >= 15 is 0 Å². The molecule has 0 amide bonds. The van der Waals surface area contributed by atoms with Crippen molar-refractivity contribution in [3.05, 3.63) is 53.1 Å². The van der Waals surface area contributed by atoms with E-state index in [9.17, 15) is 18.0 Å². The fourth-order valence-electron chi connectivity index (χ4n) is 1.95. The number of alkyl halides is 3. The summed E-state index contributed by atoms with van der Waals surface area (Å²) in [4.78, 5) is 18.5. The summed E-state index contributed by atoms with van der Waals surface area (Å²) >= 11 is 0. The SMILES string of the molecule is COc1c(Cc2cccc(C(F)(F)F)c2)ncnc1C(=O)O. The minimum absolute atomic E-state index is 0.00407. The van der Waals surface area contributed by atoms with Crippen molar-refractivity contribution in [3.8, 4) is 5.75 Å². The van der Waals surface area contributed by atoms with Crippen LogP contribution >= 0.6 is 0 Å². The third-order valence-corrected chi connectivity index (χ3v) is 2.91. The van der Waals surface area contributed by atoms with Crippen LogP contribution in [0.25, 0.3) is 0 Å². The second-order valence-electron chi connectivity index (χ2n) is 4.38. The molecule has 1 heterocycles. The van der Waals surface area contributed by atoms with Crippen molar-refractivity contribution in [1.82, 2.24) is 9.97 Å². The van der Waals surface area contributed by atoms with Gasteiger partial charge in [-0.2, -0.15) is 13.2 Å². The molecule has 5 nitrogen and oxygen atoms in total. The van der Waals surface area contributed by atoms with Gasteiger partial charge in [0.05, 0.1) is 18.4 Å². The number of hydrogen-bond donors (Lipinski definition) is 1. The molecular weight excluding hydrogens is 301 g/mol. The topological polar surface area (TPSA) is 72.3 Å². The first-order valence-electron chi connectivity index (χ1n) is 6.10. The summed E-state index contributed by atoms with van der Waals surface area (Å²) < 4.78 is 43.1. The zero-order valence-corrected chi connectivity index (χ0v) is 11.4. The first kappa shape index (κ1) is 15.7. The zero-order valence-electron chi connectivity index (χ0n) is 11.4. The van der Waals surface area contributed by atoms with E-state index in [1.54, 1.807) is 0 Å². The number of nitrogens with zero attached hydrogens (tertiary/aromatic N) is 2. The van der Waals surface area contributed by atoms with Gasteiger partial charge >= 0.3 is 12.1 Å². The van der Waals surface area contributed by atoms with Gasteiger partial charge in [-0.1, -0.05) is 18.2 Å². The van der Waals surface area contributed by atoms with Crippen LogP contribution in [0.5, 0.6) is 5.75 Å². The maximum Gasteiger partial charge on any atom is 0.416 e. The molecule has 0 unspecified atom stereocenters. The first-order chi connectivity index (χ1) is 10.3. The van der Waals surface area contributed by atoms with Crippen LogP contribution in [-0.2, 0) is 12.6 Å². The van der Waals surface area contributed by atoms with Gasteiger partial charge in [-0.3, -0.25) is 0 Å². The number of carbonyl (C=O) groups is 1. The number of rotatable bonds is 4. The van der Waals surface area contributed by atoms with Gasteiger partial charge in [-0.05, 0) is 11.6 Å². The maximum absolute atomic E-state index is 12.7. The second-order valence-corrected chi connectivity index (χ2v) is 4.38. The Morgan fingerprint density at radius 3 is 2.64 bits per heavy atom. The normalized spacial score (nSPS) is 11.3. The zero-order chi connectivity index (χ0) is 16.3. The lowest BCUT2D eigenvalue weighted by molar-refractivity contribution is -0.137. The summed E-state index contributed by atoms with van der Waals surface area (Å²) in [5.41, 5.74) is -0.576. The van der Waals surface area contributed by atoms with Crippen molar-refractivity contribution in [1.29, 1.82) is 0 Å². The molecule has 0 aliphatic heterocycles. The summed E-state index contributed by atoms with van der Waals surface area (Å²) in [7, 11) is 1.25. The highest BCUT2D eigenvalue weighted by Crippen LogP contribution is 2.30. The van der Waals surface area contributed by atoms with Crippen molar-refractivity contribution in [2.75, 3.05) is 7.11 Å². The number of aromatic carboxylic acids is 1. The van der Waals surface area contributed by atoms with Crippen molar-refractivity contribution in [2.24, 2.45) is 0 Å². The number of halogens is 3. The van der Waals surface area contributed by atoms with Crippen molar-refractivity contribution < 1.29 is 27.8 Å². The number of methoxy groups -OCH3 is 1. The molecule has 0 aliphatic carbocycles. The summed E-state index contributed by atoms with van der Waals surface area (Å²) in [5.74, 6) is -1.36. The van der Waals surface area contributed by atoms with E-state index in [2.05, 4.69) is 9.97 Å². The van der Waals surface area contributed by atoms with E-state index in [4.69, 9.17) is 9.84 Å². The van der Waals surface area contributed by atoms with E-state index in [1.807, 2.05) is 0 Å². The van der Waals surface area contributed by atoms with E-state index in [1.165, 1.54) is 19.2 Å². The van der Waals surface area contributed by atoms with Crippen LogP contribution in [0, 0.1) is 0 Å². The number of benzene rings is 1. The van der Waals surface area contributed by atoms with Gasteiger partial charge in [-0.15, -0.1) is 0 Å². The molecule has 0 aliphatic rings. The largest absolute Gasteiger partial charge is 0.492 e. The molecule has 0 fully saturated rings. The molecule has 0 atom stereocenters. The van der Waals surface area contributed by atoms with E-state index in [0.717, 1.165) is 18.5 Å². The van der Waals surface area contributed by atoms with Crippen molar-refractivity contribution >= 4 is 5.97 Å². The number of carboxylic acid groups (broad SMARTS) is 1. The summed E-state index contributed by atoms with van der Waals surface area (Å²) in [6.07, 6.45) is -3.41. The third-order valence-electron chi connectivity index (χ3n) is 2.91. The predicted octanol–water partition coefficient (Wildman–Crippen LogP) is 2.79. The number of ether oxygens (including phenoxy) is 1. The second kappa shape index (κ2) is 6.00.